The second-order valence-corrected chi connectivity index (χ2v) is 12.6. The van der Waals surface area contributed by atoms with Crippen molar-refractivity contribution in [2.45, 2.75) is 0 Å². The molecule has 10 aromatic rings. The summed E-state index contributed by atoms with van der Waals surface area (Å²) >= 11 is 0. The minimum atomic E-state index is -0.134. The number of fused-ring (bicyclic) bond motifs is 7. The van der Waals surface area contributed by atoms with E-state index in [1.54, 1.807) is 0 Å². The standard InChI is InChI=1S/C48H31NO/c1-4-18-39-32(11-1)14-8-21-41(39)35-25-28-37(29-26-35)49(38-17-7-16-36(31-38)42-22-9-15-33-12-2-5-19-40(33)42)45-23-10-24-46-47(45)44-30-27-34-13-3-6-20-43(34)48(44)50-46/h1-31H/i25D,26D,28D,29D. The lowest BCUT2D eigenvalue weighted by Gasteiger charge is -2.27. The average molecular weight is 642 g/mol. The fraction of sp³-hybridized carbons (Fsp3) is 0. The lowest BCUT2D eigenvalue weighted by Crippen LogP contribution is -2.10. The fourth-order valence-corrected chi connectivity index (χ4v) is 7.40. The molecule has 0 N–H and O–H groups in total. The zero-order valence-corrected chi connectivity index (χ0v) is 26.9. The van der Waals surface area contributed by atoms with Gasteiger partial charge in [-0.3, -0.25) is 0 Å². The van der Waals surface area contributed by atoms with E-state index in [0.717, 1.165) is 59.8 Å². The first kappa shape index (κ1) is 24.5. The number of benzene rings is 9. The Morgan fingerprint density at radius 2 is 1.00 bits per heavy atom. The topological polar surface area (TPSA) is 16.4 Å². The Bertz CT molecular complexity index is 3090. The molecule has 234 valence electrons. The summed E-state index contributed by atoms with van der Waals surface area (Å²) < 4.78 is 44.9. The molecule has 0 aliphatic rings. The highest BCUT2D eigenvalue weighted by Gasteiger charge is 2.21. The van der Waals surface area contributed by atoms with E-state index in [2.05, 4.69) is 66.7 Å². The Morgan fingerprint density at radius 3 is 1.72 bits per heavy atom. The van der Waals surface area contributed by atoms with Gasteiger partial charge in [-0.15, -0.1) is 0 Å². The Morgan fingerprint density at radius 1 is 0.420 bits per heavy atom. The van der Waals surface area contributed by atoms with E-state index in [-0.39, 0.29) is 35.4 Å². The van der Waals surface area contributed by atoms with Crippen molar-refractivity contribution in [2.24, 2.45) is 0 Å². The van der Waals surface area contributed by atoms with Crippen LogP contribution in [0.4, 0.5) is 17.1 Å². The van der Waals surface area contributed by atoms with Crippen LogP contribution in [-0.4, -0.2) is 0 Å². The van der Waals surface area contributed by atoms with Crippen molar-refractivity contribution < 1.29 is 9.90 Å². The second kappa shape index (κ2) is 11.5. The molecule has 0 aliphatic carbocycles. The molecule has 9 aromatic carbocycles. The third-order valence-corrected chi connectivity index (χ3v) is 9.71. The first-order valence-corrected chi connectivity index (χ1v) is 16.8. The summed E-state index contributed by atoms with van der Waals surface area (Å²) in [6.45, 7) is 0. The molecule has 50 heavy (non-hydrogen) atoms. The molecule has 0 unspecified atom stereocenters. The maximum absolute atomic E-state index is 9.67. The van der Waals surface area contributed by atoms with Gasteiger partial charge in [0.15, 0.2) is 0 Å². The minimum Gasteiger partial charge on any atom is -0.455 e. The van der Waals surface area contributed by atoms with Crippen molar-refractivity contribution in [3.8, 4) is 22.3 Å². The minimum absolute atomic E-state index is 0.104. The van der Waals surface area contributed by atoms with Gasteiger partial charge in [0.2, 0.25) is 0 Å². The molecule has 0 saturated heterocycles. The lowest BCUT2D eigenvalue weighted by atomic mass is 9.97. The van der Waals surface area contributed by atoms with E-state index in [1.807, 2.05) is 102 Å². The third kappa shape index (κ3) is 4.57. The monoisotopic (exact) mass is 641 g/mol. The molecular formula is C48H31NO. The van der Waals surface area contributed by atoms with Gasteiger partial charge in [-0.1, -0.05) is 146 Å². The van der Waals surface area contributed by atoms with Crippen molar-refractivity contribution in [3.05, 3.63) is 188 Å². The van der Waals surface area contributed by atoms with Crippen molar-refractivity contribution in [1.29, 1.82) is 0 Å². The molecule has 10 rings (SSSR count). The molecule has 1 heterocycles. The summed E-state index contributed by atoms with van der Waals surface area (Å²) in [5.41, 5.74) is 5.92. The van der Waals surface area contributed by atoms with Crippen LogP contribution in [0, 0.1) is 0 Å². The summed E-state index contributed by atoms with van der Waals surface area (Å²) in [7, 11) is 0. The van der Waals surface area contributed by atoms with Gasteiger partial charge < -0.3 is 9.32 Å². The largest absolute Gasteiger partial charge is 0.455 e. The maximum atomic E-state index is 9.67. The predicted molar refractivity (Wildman–Crippen MR) is 212 cm³/mol. The van der Waals surface area contributed by atoms with E-state index in [0.29, 0.717) is 22.5 Å². The molecular weight excluding hydrogens is 607 g/mol. The fourth-order valence-electron chi connectivity index (χ4n) is 7.40. The van der Waals surface area contributed by atoms with E-state index in [9.17, 15) is 5.48 Å². The van der Waals surface area contributed by atoms with Crippen LogP contribution in [0.15, 0.2) is 192 Å². The highest BCUT2D eigenvalue weighted by molar-refractivity contribution is 6.19. The predicted octanol–water partition coefficient (Wildman–Crippen LogP) is 13.8. The Balaban J connectivity index is 1.28. The van der Waals surface area contributed by atoms with Gasteiger partial charge in [-0.05, 0) is 91.6 Å². The lowest BCUT2D eigenvalue weighted by molar-refractivity contribution is 0.672. The van der Waals surface area contributed by atoms with Crippen LogP contribution in [0.3, 0.4) is 0 Å². The van der Waals surface area contributed by atoms with Crippen molar-refractivity contribution in [3.63, 3.8) is 0 Å². The van der Waals surface area contributed by atoms with Crippen LogP contribution < -0.4 is 4.90 Å². The average Bonchev–Trinajstić information content (AvgIpc) is 3.62. The van der Waals surface area contributed by atoms with Crippen LogP contribution in [0.5, 0.6) is 0 Å². The van der Waals surface area contributed by atoms with Gasteiger partial charge in [0.25, 0.3) is 0 Å². The van der Waals surface area contributed by atoms with Gasteiger partial charge in [-0.2, -0.15) is 0 Å². The zero-order chi connectivity index (χ0) is 36.5. The van der Waals surface area contributed by atoms with Crippen molar-refractivity contribution >= 4 is 71.3 Å². The zero-order valence-electron chi connectivity index (χ0n) is 30.9. The first-order valence-electron chi connectivity index (χ1n) is 18.8. The molecule has 0 spiro atoms. The summed E-state index contributed by atoms with van der Waals surface area (Å²) in [4.78, 5) is 1.88. The number of furan rings is 1. The summed E-state index contributed by atoms with van der Waals surface area (Å²) in [6, 6.07) is 53.9. The SMILES string of the molecule is [2H]c1c([2H])c(N(c2cccc(-c3cccc4ccccc34)c2)c2cccc3oc4c5ccccc5ccc4c23)c([2H])c([2H])c1-c1cccc2ccccc12. The number of nitrogens with zero attached hydrogens (tertiary/aromatic N) is 1. The van der Waals surface area contributed by atoms with Gasteiger partial charge in [0.05, 0.1) is 16.6 Å². The summed E-state index contributed by atoms with van der Waals surface area (Å²) in [6.07, 6.45) is 0. The molecule has 0 bridgehead atoms. The van der Waals surface area contributed by atoms with E-state index in [4.69, 9.17) is 4.42 Å². The number of anilines is 3. The molecule has 0 fully saturated rings. The van der Waals surface area contributed by atoms with E-state index < -0.39 is 0 Å². The summed E-state index contributed by atoms with van der Waals surface area (Å²) in [5, 5.41) is 7.86. The molecule has 0 radical (unpaired) electrons. The number of rotatable bonds is 5. The van der Waals surface area contributed by atoms with Gasteiger partial charge in [0, 0.05) is 22.1 Å². The molecule has 0 amide bonds. The second-order valence-electron chi connectivity index (χ2n) is 12.6. The maximum Gasteiger partial charge on any atom is 0.143 e. The van der Waals surface area contributed by atoms with Gasteiger partial charge in [0.1, 0.15) is 11.2 Å². The Labute approximate surface area is 295 Å². The molecule has 0 aliphatic heterocycles. The Hall–Kier alpha value is -6.64. The molecule has 2 heteroatoms. The molecule has 2 nitrogen and oxygen atoms in total. The number of hydrogen-bond acceptors (Lipinski definition) is 2. The highest BCUT2D eigenvalue weighted by Crippen LogP contribution is 2.45. The van der Waals surface area contributed by atoms with Crippen LogP contribution in [0.2, 0.25) is 0 Å². The molecule has 1 aromatic heterocycles. The Kier molecular flexibility index (Phi) is 5.64. The first-order chi connectivity index (χ1) is 26.5. The van der Waals surface area contributed by atoms with Crippen molar-refractivity contribution in [1.82, 2.24) is 0 Å². The van der Waals surface area contributed by atoms with Crippen LogP contribution >= 0.6 is 0 Å². The quantitative estimate of drug-likeness (QED) is 0.186. The van der Waals surface area contributed by atoms with Gasteiger partial charge >= 0.3 is 0 Å². The molecule has 0 atom stereocenters. The van der Waals surface area contributed by atoms with Crippen LogP contribution in [-0.2, 0) is 0 Å². The molecule has 0 saturated carbocycles. The van der Waals surface area contributed by atoms with E-state index >= 15 is 0 Å². The smallest absolute Gasteiger partial charge is 0.143 e. The number of hydrogen-bond donors (Lipinski definition) is 0. The van der Waals surface area contributed by atoms with Gasteiger partial charge in [-0.25, -0.2) is 0 Å². The van der Waals surface area contributed by atoms with Crippen molar-refractivity contribution in [2.75, 3.05) is 4.90 Å². The summed E-state index contributed by atoms with van der Waals surface area (Å²) in [5.74, 6) is 0. The van der Waals surface area contributed by atoms with E-state index in [1.165, 1.54) is 0 Å². The van der Waals surface area contributed by atoms with Crippen LogP contribution in [0.25, 0.3) is 76.5 Å². The third-order valence-electron chi connectivity index (χ3n) is 9.71. The normalized spacial score (nSPS) is 12.7. The van der Waals surface area contributed by atoms with Crippen LogP contribution in [0.1, 0.15) is 5.48 Å². The highest BCUT2D eigenvalue weighted by atomic mass is 16.3.